The summed E-state index contributed by atoms with van der Waals surface area (Å²) in [6.45, 7) is 1.67. The average Bonchev–Trinajstić information content (AvgIpc) is 2.36. The van der Waals surface area contributed by atoms with Gasteiger partial charge in [0.15, 0.2) is 0 Å². The van der Waals surface area contributed by atoms with Gasteiger partial charge in [-0.05, 0) is 12.0 Å². The predicted octanol–water partition coefficient (Wildman–Crippen LogP) is 1.13. The van der Waals surface area contributed by atoms with Crippen molar-refractivity contribution in [1.29, 1.82) is 0 Å². The van der Waals surface area contributed by atoms with Gasteiger partial charge in [0.1, 0.15) is 6.04 Å². The van der Waals surface area contributed by atoms with Gasteiger partial charge in [-0.3, -0.25) is 14.5 Å². The molecule has 21 heavy (non-hydrogen) atoms. The van der Waals surface area contributed by atoms with Crippen molar-refractivity contribution in [1.82, 2.24) is 9.47 Å². The van der Waals surface area contributed by atoms with E-state index in [1.54, 1.807) is 17.2 Å². The Morgan fingerprint density at radius 3 is 2.62 bits per heavy atom. The standard InChI is InChI=1S/C14H19F2N3O2/c1-2-3-11(13(17)21)19-7-10(4-5-12(19)20)6-18-8-14(15,16)9-18/h4-5,7,11H,2-3,6,8-9H2,1H3,(H2,17,21). The maximum absolute atomic E-state index is 12.8. The van der Waals surface area contributed by atoms with Gasteiger partial charge in [0, 0.05) is 18.8 Å². The summed E-state index contributed by atoms with van der Waals surface area (Å²) in [6.07, 6.45) is 2.73. The van der Waals surface area contributed by atoms with Gasteiger partial charge in [0.2, 0.25) is 5.91 Å². The maximum atomic E-state index is 12.8. The molecule has 1 aliphatic heterocycles. The lowest BCUT2D eigenvalue weighted by Gasteiger charge is -2.38. The summed E-state index contributed by atoms with van der Waals surface area (Å²) in [4.78, 5) is 25.0. The Hall–Kier alpha value is -1.76. The van der Waals surface area contributed by atoms with E-state index in [9.17, 15) is 18.4 Å². The number of aromatic nitrogens is 1. The van der Waals surface area contributed by atoms with E-state index in [1.165, 1.54) is 10.6 Å². The van der Waals surface area contributed by atoms with Crippen molar-refractivity contribution in [2.24, 2.45) is 5.73 Å². The predicted molar refractivity (Wildman–Crippen MR) is 74.1 cm³/mol. The van der Waals surface area contributed by atoms with Crippen LogP contribution in [0.25, 0.3) is 0 Å². The van der Waals surface area contributed by atoms with Crippen LogP contribution in [0.4, 0.5) is 8.78 Å². The molecule has 1 fully saturated rings. The topological polar surface area (TPSA) is 68.3 Å². The fraction of sp³-hybridized carbons (Fsp3) is 0.571. The molecule has 2 rings (SSSR count). The highest BCUT2D eigenvalue weighted by atomic mass is 19.3. The number of carbonyl (C=O) groups is 1. The SMILES string of the molecule is CCCC(C(N)=O)n1cc(CN2CC(F)(F)C2)ccc1=O. The Labute approximate surface area is 121 Å². The third-order valence-corrected chi connectivity index (χ3v) is 3.54. The lowest BCUT2D eigenvalue weighted by molar-refractivity contribution is -0.133. The molecule has 0 saturated carbocycles. The fourth-order valence-corrected chi connectivity index (χ4v) is 2.56. The summed E-state index contributed by atoms with van der Waals surface area (Å²) in [6, 6.07) is 2.25. The molecule has 1 amide bonds. The van der Waals surface area contributed by atoms with Gasteiger partial charge >= 0.3 is 0 Å². The summed E-state index contributed by atoms with van der Waals surface area (Å²) in [5.41, 5.74) is 5.74. The van der Waals surface area contributed by atoms with Crippen LogP contribution >= 0.6 is 0 Å². The number of rotatable bonds is 6. The largest absolute Gasteiger partial charge is 0.368 e. The summed E-state index contributed by atoms with van der Waals surface area (Å²) in [5.74, 6) is -3.18. The minimum absolute atomic E-state index is 0.277. The second kappa shape index (κ2) is 5.93. The van der Waals surface area contributed by atoms with E-state index >= 15 is 0 Å². The van der Waals surface area contributed by atoms with E-state index in [0.29, 0.717) is 24.9 Å². The molecule has 1 aromatic heterocycles. The van der Waals surface area contributed by atoms with Gasteiger partial charge in [-0.1, -0.05) is 19.4 Å². The Balaban J connectivity index is 2.17. The maximum Gasteiger partial charge on any atom is 0.272 e. The summed E-state index contributed by atoms with van der Waals surface area (Å²) in [7, 11) is 0. The molecule has 2 N–H and O–H groups in total. The molecule has 0 radical (unpaired) electrons. The summed E-state index contributed by atoms with van der Waals surface area (Å²) >= 11 is 0. The molecule has 1 atom stereocenters. The molecule has 2 heterocycles. The van der Waals surface area contributed by atoms with E-state index in [0.717, 1.165) is 0 Å². The molecule has 1 aromatic rings. The Morgan fingerprint density at radius 2 is 2.10 bits per heavy atom. The Bertz CT molecular complexity index is 578. The van der Waals surface area contributed by atoms with Gasteiger partial charge in [0.05, 0.1) is 13.1 Å². The Kier molecular flexibility index (Phi) is 4.41. The second-order valence-electron chi connectivity index (χ2n) is 5.49. The van der Waals surface area contributed by atoms with E-state index < -0.39 is 17.9 Å². The van der Waals surface area contributed by atoms with Gasteiger partial charge in [-0.2, -0.15) is 0 Å². The number of nitrogens with two attached hydrogens (primary N) is 1. The number of alkyl halides is 2. The number of pyridine rings is 1. The average molecular weight is 299 g/mol. The first-order valence-electron chi connectivity index (χ1n) is 6.93. The molecule has 1 aliphatic rings. The number of hydrogen-bond acceptors (Lipinski definition) is 3. The highest BCUT2D eigenvalue weighted by molar-refractivity contribution is 5.78. The Morgan fingerprint density at radius 1 is 1.43 bits per heavy atom. The fourth-order valence-electron chi connectivity index (χ4n) is 2.56. The third kappa shape index (κ3) is 3.66. The normalized spacial score (nSPS) is 19.0. The molecule has 1 unspecified atom stereocenters. The monoisotopic (exact) mass is 299 g/mol. The number of amides is 1. The first kappa shape index (κ1) is 15.6. The van der Waals surface area contributed by atoms with Gasteiger partial charge in [0.25, 0.3) is 11.5 Å². The van der Waals surface area contributed by atoms with Gasteiger partial charge < -0.3 is 10.3 Å². The minimum Gasteiger partial charge on any atom is -0.368 e. The van der Waals surface area contributed by atoms with Crippen molar-refractivity contribution in [3.05, 3.63) is 34.2 Å². The van der Waals surface area contributed by atoms with Gasteiger partial charge in [-0.15, -0.1) is 0 Å². The summed E-state index contributed by atoms with van der Waals surface area (Å²) < 4.78 is 26.9. The number of hydrogen-bond donors (Lipinski definition) is 1. The molecule has 7 heteroatoms. The van der Waals surface area contributed by atoms with Crippen LogP contribution in [-0.2, 0) is 11.3 Å². The molecule has 116 valence electrons. The zero-order valence-electron chi connectivity index (χ0n) is 11.9. The van der Waals surface area contributed by atoms with Crippen molar-refractivity contribution in [2.75, 3.05) is 13.1 Å². The molecule has 1 saturated heterocycles. The van der Waals surface area contributed by atoms with Crippen LogP contribution in [0.2, 0.25) is 0 Å². The highest BCUT2D eigenvalue weighted by Crippen LogP contribution is 2.27. The number of nitrogens with zero attached hydrogens (tertiary/aromatic N) is 2. The van der Waals surface area contributed by atoms with E-state index in [1.807, 2.05) is 6.92 Å². The molecule has 0 aromatic carbocycles. The zero-order chi connectivity index (χ0) is 15.6. The van der Waals surface area contributed by atoms with Crippen molar-refractivity contribution in [3.63, 3.8) is 0 Å². The molecule has 0 aliphatic carbocycles. The number of likely N-dealkylation sites (tertiary alicyclic amines) is 1. The first-order chi connectivity index (χ1) is 9.82. The smallest absolute Gasteiger partial charge is 0.272 e. The van der Waals surface area contributed by atoms with Crippen molar-refractivity contribution < 1.29 is 13.6 Å². The first-order valence-corrected chi connectivity index (χ1v) is 6.93. The van der Waals surface area contributed by atoms with E-state index in [2.05, 4.69) is 0 Å². The number of carbonyl (C=O) groups excluding carboxylic acids is 1. The molecular formula is C14H19F2N3O2. The summed E-state index contributed by atoms with van der Waals surface area (Å²) in [5, 5.41) is 0. The van der Waals surface area contributed by atoms with E-state index in [-0.39, 0.29) is 18.6 Å². The van der Waals surface area contributed by atoms with Crippen molar-refractivity contribution in [3.8, 4) is 0 Å². The lowest BCUT2D eigenvalue weighted by Crippen LogP contribution is -2.55. The van der Waals surface area contributed by atoms with Gasteiger partial charge in [-0.25, -0.2) is 8.78 Å². The third-order valence-electron chi connectivity index (χ3n) is 3.54. The van der Waals surface area contributed by atoms with Crippen LogP contribution in [0.1, 0.15) is 31.4 Å². The molecule has 5 nitrogen and oxygen atoms in total. The van der Waals surface area contributed by atoms with Crippen molar-refractivity contribution >= 4 is 5.91 Å². The lowest BCUT2D eigenvalue weighted by atomic mass is 10.1. The van der Waals surface area contributed by atoms with Crippen LogP contribution in [-0.4, -0.2) is 34.4 Å². The molecular weight excluding hydrogens is 280 g/mol. The van der Waals surface area contributed by atoms with Crippen LogP contribution < -0.4 is 11.3 Å². The molecule has 0 bridgehead atoms. The van der Waals surface area contributed by atoms with Crippen LogP contribution in [0.3, 0.4) is 0 Å². The quantitative estimate of drug-likeness (QED) is 0.856. The van der Waals surface area contributed by atoms with Crippen LogP contribution in [0.15, 0.2) is 23.1 Å². The van der Waals surface area contributed by atoms with Crippen LogP contribution in [0, 0.1) is 0 Å². The minimum atomic E-state index is -2.62. The highest BCUT2D eigenvalue weighted by Gasteiger charge is 2.43. The number of halogens is 2. The van der Waals surface area contributed by atoms with Crippen molar-refractivity contribution in [2.45, 2.75) is 38.3 Å². The zero-order valence-corrected chi connectivity index (χ0v) is 11.9. The van der Waals surface area contributed by atoms with E-state index in [4.69, 9.17) is 5.73 Å². The number of primary amides is 1. The molecule has 0 spiro atoms. The second-order valence-corrected chi connectivity index (χ2v) is 5.49. The van der Waals surface area contributed by atoms with Crippen LogP contribution in [0.5, 0.6) is 0 Å².